The van der Waals surface area contributed by atoms with Gasteiger partial charge in [-0.3, -0.25) is 0 Å². The van der Waals surface area contributed by atoms with Crippen LogP contribution < -0.4 is 19.5 Å². The van der Waals surface area contributed by atoms with Crippen molar-refractivity contribution in [1.29, 1.82) is 0 Å². The van der Waals surface area contributed by atoms with Crippen molar-refractivity contribution in [3.05, 3.63) is 65.0 Å². The van der Waals surface area contributed by atoms with E-state index >= 15 is 0 Å². The number of hydrogen-bond acceptors (Lipinski definition) is 6. The maximum Gasteiger partial charge on any atom is 0.226 e. The van der Waals surface area contributed by atoms with Crippen LogP contribution in [0.25, 0.3) is 5.70 Å². The summed E-state index contributed by atoms with van der Waals surface area (Å²) in [4.78, 5) is 4.38. The molecule has 0 bridgehead atoms. The van der Waals surface area contributed by atoms with E-state index in [2.05, 4.69) is 53.5 Å². The Morgan fingerprint density at radius 2 is 1.72 bits per heavy atom. The van der Waals surface area contributed by atoms with Gasteiger partial charge in [-0.25, -0.2) is 4.68 Å². The van der Waals surface area contributed by atoms with Crippen LogP contribution in [0.5, 0.6) is 17.2 Å². The van der Waals surface area contributed by atoms with Crippen LogP contribution in [-0.4, -0.2) is 36.1 Å². The molecule has 0 saturated carbocycles. The van der Waals surface area contributed by atoms with E-state index in [1.54, 1.807) is 27.7 Å². The Hall–Kier alpha value is -3.48. The molecule has 0 fully saturated rings. The second-order valence-electron chi connectivity index (χ2n) is 6.90. The Morgan fingerprint density at radius 1 is 0.931 bits per heavy atom. The normalized spacial score (nSPS) is 15.2. The third kappa shape index (κ3) is 3.18. The van der Waals surface area contributed by atoms with Crippen LogP contribution in [0.3, 0.4) is 0 Å². The van der Waals surface area contributed by atoms with Gasteiger partial charge in [-0.1, -0.05) is 12.1 Å². The van der Waals surface area contributed by atoms with E-state index in [0.717, 1.165) is 16.8 Å². The first-order valence-corrected chi connectivity index (χ1v) is 9.32. The zero-order valence-corrected chi connectivity index (χ0v) is 17.2. The highest BCUT2D eigenvalue weighted by molar-refractivity contribution is 5.78. The minimum atomic E-state index is -0.222. The average Bonchev–Trinajstić information content (AvgIpc) is 3.22. The number of aryl methyl sites for hydroxylation is 2. The Bertz CT molecular complexity index is 1090. The fraction of sp³-hybridized carbons (Fsp3) is 0.273. The molecule has 2 aromatic carbocycles. The molecule has 1 aromatic heterocycles. The molecule has 0 unspecified atom stereocenters. The molecule has 1 N–H and O–H groups in total. The van der Waals surface area contributed by atoms with Gasteiger partial charge in [-0.2, -0.15) is 10.1 Å². The quantitative estimate of drug-likeness (QED) is 0.708. The molecule has 3 aromatic rings. The molecule has 4 rings (SSSR count). The van der Waals surface area contributed by atoms with Crippen molar-refractivity contribution in [3.8, 4) is 17.2 Å². The molecule has 0 spiro atoms. The molecular weight excluding hydrogens is 368 g/mol. The van der Waals surface area contributed by atoms with E-state index in [1.807, 2.05) is 16.8 Å². The minimum absolute atomic E-state index is 0.222. The average molecular weight is 392 g/mol. The fourth-order valence-electron chi connectivity index (χ4n) is 3.59. The summed E-state index contributed by atoms with van der Waals surface area (Å²) in [6, 6.07) is 10.0. The number of hydrogen-bond donors (Lipinski definition) is 1. The SMILES string of the molecule is COc1ccc([C@@H]2C=C(c3ccc(C)c(C)c3)Nc3ncnn32)c(OC)c1OC. The lowest BCUT2D eigenvalue weighted by atomic mass is 9.98. The van der Waals surface area contributed by atoms with Gasteiger partial charge in [-0.15, -0.1) is 0 Å². The molecule has 29 heavy (non-hydrogen) atoms. The second-order valence-corrected chi connectivity index (χ2v) is 6.90. The maximum absolute atomic E-state index is 5.71. The summed E-state index contributed by atoms with van der Waals surface area (Å²) in [5.41, 5.74) is 5.45. The molecule has 0 radical (unpaired) electrons. The van der Waals surface area contributed by atoms with Gasteiger partial charge in [-0.05, 0) is 54.8 Å². The van der Waals surface area contributed by atoms with Crippen molar-refractivity contribution in [3.63, 3.8) is 0 Å². The summed E-state index contributed by atoms with van der Waals surface area (Å²) in [5, 5.41) is 7.80. The van der Waals surface area contributed by atoms with Gasteiger partial charge in [0.05, 0.1) is 21.3 Å². The van der Waals surface area contributed by atoms with Crippen LogP contribution in [0, 0.1) is 13.8 Å². The van der Waals surface area contributed by atoms with Crippen LogP contribution in [0.2, 0.25) is 0 Å². The second kappa shape index (κ2) is 7.50. The highest BCUT2D eigenvalue weighted by atomic mass is 16.5. The molecule has 150 valence electrons. The number of anilines is 1. The summed E-state index contributed by atoms with van der Waals surface area (Å²) < 4.78 is 18.5. The van der Waals surface area contributed by atoms with E-state index in [1.165, 1.54) is 11.1 Å². The lowest BCUT2D eigenvalue weighted by Crippen LogP contribution is -2.21. The van der Waals surface area contributed by atoms with E-state index in [-0.39, 0.29) is 6.04 Å². The topological polar surface area (TPSA) is 70.4 Å². The minimum Gasteiger partial charge on any atom is -0.493 e. The molecule has 2 heterocycles. The van der Waals surface area contributed by atoms with Gasteiger partial charge in [0.1, 0.15) is 12.4 Å². The Kier molecular flexibility index (Phi) is 4.88. The molecule has 0 aliphatic carbocycles. The number of rotatable bonds is 5. The van der Waals surface area contributed by atoms with Crippen LogP contribution in [0.1, 0.15) is 28.3 Å². The fourth-order valence-corrected chi connectivity index (χ4v) is 3.59. The Labute approximate surface area is 169 Å². The number of methoxy groups -OCH3 is 3. The standard InChI is InChI=1S/C22H24N4O3/c1-13-6-7-15(10-14(13)2)17-11-18(26-22(25-17)23-12-24-26)16-8-9-19(27-3)21(29-5)20(16)28-4/h6-12,18H,1-5H3,(H,23,24,25)/t18-/m0/s1. The summed E-state index contributed by atoms with van der Waals surface area (Å²) >= 11 is 0. The molecule has 7 heteroatoms. The monoisotopic (exact) mass is 392 g/mol. The van der Waals surface area contributed by atoms with Crippen LogP contribution in [0.15, 0.2) is 42.7 Å². The molecule has 0 amide bonds. The number of nitrogens with zero attached hydrogens (tertiary/aromatic N) is 3. The predicted molar refractivity (Wildman–Crippen MR) is 112 cm³/mol. The van der Waals surface area contributed by atoms with E-state index in [4.69, 9.17) is 14.2 Å². The largest absolute Gasteiger partial charge is 0.493 e. The van der Waals surface area contributed by atoms with Crippen LogP contribution in [-0.2, 0) is 0 Å². The molecular formula is C22H24N4O3. The smallest absolute Gasteiger partial charge is 0.226 e. The van der Waals surface area contributed by atoms with Gasteiger partial charge >= 0.3 is 0 Å². The Balaban J connectivity index is 1.88. The van der Waals surface area contributed by atoms with E-state index < -0.39 is 0 Å². The van der Waals surface area contributed by atoms with Crippen molar-refractivity contribution >= 4 is 11.6 Å². The number of benzene rings is 2. The lowest BCUT2D eigenvalue weighted by Gasteiger charge is -2.26. The van der Waals surface area contributed by atoms with Gasteiger partial charge in [0, 0.05) is 11.3 Å². The zero-order chi connectivity index (χ0) is 20.5. The number of nitrogens with one attached hydrogen (secondary N) is 1. The predicted octanol–water partition coefficient (Wildman–Crippen LogP) is 3.98. The first-order valence-electron chi connectivity index (χ1n) is 9.32. The number of allylic oxidation sites excluding steroid dienone is 1. The lowest BCUT2D eigenvalue weighted by molar-refractivity contribution is 0.320. The third-order valence-corrected chi connectivity index (χ3v) is 5.28. The number of fused-ring (bicyclic) bond motifs is 1. The molecule has 0 saturated heterocycles. The highest BCUT2D eigenvalue weighted by Gasteiger charge is 2.28. The highest BCUT2D eigenvalue weighted by Crippen LogP contribution is 2.45. The molecule has 7 nitrogen and oxygen atoms in total. The van der Waals surface area contributed by atoms with Gasteiger partial charge < -0.3 is 19.5 Å². The van der Waals surface area contributed by atoms with Crippen molar-refractivity contribution in [2.24, 2.45) is 0 Å². The van der Waals surface area contributed by atoms with Crippen molar-refractivity contribution < 1.29 is 14.2 Å². The first-order chi connectivity index (χ1) is 14.1. The van der Waals surface area contributed by atoms with Crippen LogP contribution >= 0.6 is 0 Å². The molecule has 1 aliphatic rings. The summed E-state index contributed by atoms with van der Waals surface area (Å²) in [6.07, 6.45) is 3.66. The van der Waals surface area contributed by atoms with Gasteiger partial charge in [0.2, 0.25) is 11.7 Å². The number of aromatic nitrogens is 3. The summed E-state index contributed by atoms with van der Waals surface area (Å²) in [6.45, 7) is 4.22. The van der Waals surface area contributed by atoms with Crippen LogP contribution in [0.4, 0.5) is 5.95 Å². The van der Waals surface area contributed by atoms with Crippen molar-refractivity contribution in [2.45, 2.75) is 19.9 Å². The Morgan fingerprint density at radius 3 is 2.41 bits per heavy atom. The van der Waals surface area contributed by atoms with E-state index in [0.29, 0.717) is 23.2 Å². The van der Waals surface area contributed by atoms with Gasteiger partial charge in [0.15, 0.2) is 11.5 Å². The number of ether oxygens (including phenoxy) is 3. The summed E-state index contributed by atoms with van der Waals surface area (Å²) in [7, 11) is 4.83. The molecule has 1 aliphatic heterocycles. The van der Waals surface area contributed by atoms with Crippen molar-refractivity contribution in [1.82, 2.24) is 14.8 Å². The third-order valence-electron chi connectivity index (χ3n) is 5.28. The summed E-state index contributed by atoms with van der Waals surface area (Å²) in [5.74, 6) is 2.44. The van der Waals surface area contributed by atoms with E-state index in [9.17, 15) is 0 Å². The van der Waals surface area contributed by atoms with Crippen molar-refractivity contribution in [2.75, 3.05) is 26.6 Å². The first kappa shape index (κ1) is 18.9. The van der Waals surface area contributed by atoms with Gasteiger partial charge in [0.25, 0.3) is 0 Å². The molecule has 1 atom stereocenters. The zero-order valence-electron chi connectivity index (χ0n) is 17.2. The maximum atomic E-state index is 5.71.